The smallest absolute Gasteiger partial charge is 0.303 e. The summed E-state index contributed by atoms with van der Waals surface area (Å²) in [5.41, 5.74) is 3.67. The van der Waals surface area contributed by atoms with Gasteiger partial charge in [-0.2, -0.15) is 0 Å². The first-order valence-corrected chi connectivity index (χ1v) is 5.23. The molecule has 1 unspecified atom stereocenters. The molecule has 0 bridgehead atoms. The van der Waals surface area contributed by atoms with Gasteiger partial charge in [0.05, 0.1) is 0 Å². The summed E-state index contributed by atoms with van der Waals surface area (Å²) in [6.07, 6.45) is 0.970. The molecular formula is C12H15NO2. The van der Waals surface area contributed by atoms with Crippen LogP contribution in [0.1, 0.15) is 29.9 Å². The lowest BCUT2D eigenvalue weighted by atomic mass is 9.95. The Bertz CT molecular complexity index is 387. The highest BCUT2D eigenvalue weighted by molar-refractivity contribution is 5.67. The summed E-state index contributed by atoms with van der Waals surface area (Å²) in [6, 6.07) is 6.31. The van der Waals surface area contributed by atoms with E-state index in [1.807, 2.05) is 0 Å². The van der Waals surface area contributed by atoms with Gasteiger partial charge in [0.1, 0.15) is 0 Å². The molecule has 0 saturated carbocycles. The number of rotatable bonds is 3. The van der Waals surface area contributed by atoms with E-state index in [4.69, 9.17) is 5.11 Å². The van der Waals surface area contributed by atoms with Crippen LogP contribution in [-0.2, 0) is 4.79 Å². The van der Waals surface area contributed by atoms with Gasteiger partial charge >= 0.3 is 5.97 Å². The number of fused-ring (bicyclic) bond motifs is 1. The fourth-order valence-corrected chi connectivity index (χ4v) is 2.08. The number of carbonyl (C=O) groups is 1. The molecule has 0 fully saturated rings. The topological polar surface area (TPSA) is 49.3 Å². The van der Waals surface area contributed by atoms with Crippen molar-refractivity contribution in [3.63, 3.8) is 0 Å². The normalized spacial score (nSPS) is 18.3. The molecule has 0 aromatic heterocycles. The minimum atomic E-state index is -0.712. The quantitative estimate of drug-likeness (QED) is 0.796. The molecular weight excluding hydrogens is 190 g/mol. The third kappa shape index (κ3) is 2.12. The molecule has 0 aliphatic carbocycles. The van der Waals surface area contributed by atoms with Crippen molar-refractivity contribution >= 4 is 11.7 Å². The first kappa shape index (κ1) is 10.0. The van der Waals surface area contributed by atoms with E-state index < -0.39 is 5.97 Å². The predicted octanol–water partition coefficient (Wildman–Crippen LogP) is 2.37. The number of hydrogen-bond acceptors (Lipinski definition) is 2. The molecule has 15 heavy (non-hydrogen) atoms. The van der Waals surface area contributed by atoms with Gasteiger partial charge in [-0.15, -0.1) is 0 Å². The van der Waals surface area contributed by atoms with Crippen molar-refractivity contribution in [2.45, 2.75) is 25.7 Å². The van der Waals surface area contributed by atoms with E-state index in [1.54, 1.807) is 0 Å². The Morgan fingerprint density at radius 3 is 3.13 bits per heavy atom. The molecule has 0 spiro atoms. The van der Waals surface area contributed by atoms with Gasteiger partial charge in [-0.1, -0.05) is 12.1 Å². The van der Waals surface area contributed by atoms with Crippen molar-refractivity contribution < 1.29 is 9.90 Å². The maximum Gasteiger partial charge on any atom is 0.303 e. The molecule has 1 aromatic carbocycles. The molecule has 2 rings (SSSR count). The third-order valence-electron chi connectivity index (χ3n) is 2.89. The summed E-state index contributed by atoms with van der Waals surface area (Å²) in [5, 5.41) is 12.0. The third-order valence-corrected chi connectivity index (χ3v) is 2.89. The van der Waals surface area contributed by atoms with Gasteiger partial charge < -0.3 is 10.4 Å². The fraction of sp³-hybridized carbons (Fsp3) is 0.417. The molecule has 3 nitrogen and oxygen atoms in total. The van der Waals surface area contributed by atoms with E-state index in [2.05, 4.69) is 30.4 Å². The van der Waals surface area contributed by atoms with Crippen molar-refractivity contribution in [2.75, 3.05) is 11.9 Å². The van der Waals surface area contributed by atoms with Crippen molar-refractivity contribution in [1.82, 2.24) is 0 Å². The van der Waals surface area contributed by atoms with E-state index in [1.165, 1.54) is 16.8 Å². The number of anilines is 1. The number of aliphatic carboxylic acids is 1. The summed E-state index contributed by atoms with van der Waals surface area (Å²) in [4.78, 5) is 10.5. The second-order valence-corrected chi connectivity index (χ2v) is 4.10. The molecule has 0 amide bonds. The van der Waals surface area contributed by atoms with Crippen molar-refractivity contribution in [3.8, 4) is 0 Å². The van der Waals surface area contributed by atoms with Crippen molar-refractivity contribution in [1.29, 1.82) is 0 Å². The van der Waals surface area contributed by atoms with E-state index in [-0.39, 0.29) is 6.42 Å². The summed E-state index contributed by atoms with van der Waals surface area (Å²) in [7, 11) is 0. The summed E-state index contributed by atoms with van der Waals surface area (Å²) in [6.45, 7) is 2.93. The van der Waals surface area contributed by atoms with Crippen LogP contribution in [-0.4, -0.2) is 17.6 Å². The average Bonchev–Trinajstić information content (AvgIpc) is 2.57. The largest absolute Gasteiger partial charge is 0.481 e. The second-order valence-electron chi connectivity index (χ2n) is 4.10. The summed E-state index contributed by atoms with van der Waals surface area (Å²) < 4.78 is 0. The molecule has 1 heterocycles. The van der Waals surface area contributed by atoms with Crippen molar-refractivity contribution in [3.05, 3.63) is 29.3 Å². The highest BCUT2D eigenvalue weighted by Gasteiger charge is 2.22. The van der Waals surface area contributed by atoms with E-state index >= 15 is 0 Å². The number of nitrogens with one attached hydrogen (secondary N) is 1. The predicted molar refractivity (Wildman–Crippen MR) is 59.3 cm³/mol. The standard InChI is InChI=1S/C12H15NO2/c1-8-2-4-10-9(3-5-12(14)15)7-13-11(10)6-8/h2,4,6,9,13H,3,5,7H2,1H3,(H,14,15). The monoisotopic (exact) mass is 205 g/mol. The molecule has 2 N–H and O–H groups in total. The zero-order chi connectivity index (χ0) is 10.8. The van der Waals surface area contributed by atoms with Crippen LogP contribution in [0.2, 0.25) is 0 Å². The molecule has 80 valence electrons. The van der Waals surface area contributed by atoms with Gasteiger partial charge in [0.2, 0.25) is 0 Å². The molecule has 0 radical (unpaired) electrons. The van der Waals surface area contributed by atoms with E-state index in [0.29, 0.717) is 5.92 Å². The molecule has 3 heteroatoms. The van der Waals surface area contributed by atoms with Gasteiger partial charge in [-0.25, -0.2) is 0 Å². The summed E-state index contributed by atoms with van der Waals surface area (Å²) in [5.74, 6) is -0.354. The Morgan fingerprint density at radius 2 is 2.40 bits per heavy atom. The minimum absolute atomic E-state index is 0.250. The number of benzene rings is 1. The minimum Gasteiger partial charge on any atom is -0.481 e. The molecule has 1 aliphatic heterocycles. The van der Waals surface area contributed by atoms with Crippen LogP contribution in [0.3, 0.4) is 0 Å². The summed E-state index contributed by atoms with van der Waals surface area (Å²) >= 11 is 0. The molecule has 1 atom stereocenters. The van der Waals surface area contributed by atoms with Crippen molar-refractivity contribution in [2.24, 2.45) is 0 Å². The zero-order valence-corrected chi connectivity index (χ0v) is 8.79. The maximum atomic E-state index is 10.5. The van der Waals surface area contributed by atoms with Gasteiger partial charge in [-0.3, -0.25) is 4.79 Å². The first-order valence-electron chi connectivity index (χ1n) is 5.23. The lowest BCUT2D eigenvalue weighted by molar-refractivity contribution is -0.137. The van der Waals surface area contributed by atoms with Crippen LogP contribution >= 0.6 is 0 Å². The maximum absolute atomic E-state index is 10.5. The van der Waals surface area contributed by atoms with Gasteiger partial charge in [-0.05, 0) is 30.5 Å². The molecule has 0 saturated heterocycles. The number of carboxylic acids is 1. The zero-order valence-electron chi connectivity index (χ0n) is 8.79. The number of carboxylic acid groups (broad SMARTS) is 1. The van der Waals surface area contributed by atoms with E-state index in [9.17, 15) is 4.79 Å². The van der Waals surface area contributed by atoms with E-state index in [0.717, 1.165) is 13.0 Å². The van der Waals surface area contributed by atoms with Crippen LogP contribution in [0.25, 0.3) is 0 Å². The lowest BCUT2D eigenvalue weighted by Gasteiger charge is -2.07. The van der Waals surface area contributed by atoms with Gasteiger partial charge in [0.15, 0.2) is 0 Å². The Balaban J connectivity index is 2.11. The number of aryl methyl sites for hydroxylation is 1. The van der Waals surface area contributed by atoms with Gasteiger partial charge in [0.25, 0.3) is 0 Å². The average molecular weight is 205 g/mol. The van der Waals surface area contributed by atoms with Crippen LogP contribution < -0.4 is 5.32 Å². The van der Waals surface area contributed by atoms with Crippen LogP contribution in [0, 0.1) is 6.92 Å². The number of hydrogen-bond donors (Lipinski definition) is 2. The molecule has 1 aliphatic rings. The highest BCUT2D eigenvalue weighted by atomic mass is 16.4. The van der Waals surface area contributed by atoms with Crippen LogP contribution in [0.5, 0.6) is 0 Å². The second kappa shape index (κ2) is 3.93. The Labute approximate surface area is 89.1 Å². The first-order chi connectivity index (χ1) is 7.16. The van der Waals surface area contributed by atoms with Crippen LogP contribution in [0.15, 0.2) is 18.2 Å². The molecule has 1 aromatic rings. The Hall–Kier alpha value is -1.51. The highest BCUT2D eigenvalue weighted by Crippen LogP contribution is 2.34. The SMILES string of the molecule is Cc1ccc2c(c1)NCC2CCC(=O)O. The van der Waals surface area contributed by atoms with Crippen LogP contribution in [0.4, 0.5) is 5.69 Å². The Kier molecular flexibility index (Phi) is 2.62. The van der Waals surface area contributed by atoms with Gasteiger partial charge in [0, 0.05) is 24.6 Å². The lowest BCUT2D eigenvalue weighted by Crippen LogP contribution is -2.05. The fourth-order valence-electron chi connectivity index (χ4n) is 2.08. The Morgan fingerprint density at radius 1 is 1.60 bits per heavy atom.